The van der Waals surface area contributed by atoms with Gasteiger partial charge in [0, 0.05) is 72.2 Å². The fraction of sp³-hybridized carbons (Fsp3) is 0. The summed E-state index contributed by atoms with van der Waals surface area (Å²) in [6.45, 7) is 0. The molecular weight excluding hydrogens is 677 g/mol. The molecule has 0 spiro atoms. The summed E-state index contributed by atoms with van der Waals surface area (Å²) in [4.78, 5) is 15.1. The molecule has 12 rings (SSSR count). The average Bonchev–Trinajstić information content (AvgIpc) is 3.91. The van der Waals surface area contributed by atoms with Crippen LogP contribution in [-0.4, -0.2) is 19.5 Å². The highest BCUT2D eigenvalue weighted by Gasteiger charge is 2.21. The standard InChI is InChI=1S/C49H28N4O2/c1-3-13-29(14-4-1)47-50-48(30-15-5-2-6-16-30)52-49(51-47)40-27-39-35-24-23-31(25-44(35)55-46(39)36-20-8-7-17-32(36)40)53-41-21-11-9-18-33(41)37-26-38-34-19-10-12-22-43(34)54-45(38)28-42(37)53/h1-28H. The smallest absolute Gasteiger partial charge is 0.164 e. The molecule has 0 bridgehead atoms. The van der Waals surface area contributed by atoms with Gasteiger partial charge in [0.05, 0.1) is 11.0 Å². The lowest BCUT2D eigenvalue weighted by Crippen LogP contribution is -2.00. The van der Waals surface area contributed by atoms with Gasteiger partial charge in [-0.2, -0.15) is 0 Å². The summed E-state index contributed by atoms with van der Waals surface area (Å²) in [6.07, 6.45) is 0. The molecule has 0 radical (unpaired) electrons. The van der Waals surface area contributed by atoms with Gasteiger partial charge in [-0.1, -0.05) is 121 Å². The van der Waals surface area contributed by atoms with Crippen molar-refractivity contribution < 1.29 is 8.83 Å². The lowest BCUT2D eigenvalue weighted by Gasteiger charge is -2.11. The van der Waals surface area contributed by atoms with Gasteiger partial charge in [-0.3, -0.25) is 0 Å². The Morgan fingerprint density at radius 3 is 1.71 bits per heavy atom. The number of para-hydroxylation sites is 2. The van der Waals surface area contributed by atoms with E-state index < -0.39 is 0 Å². The van der Waals surface area contributed by atoms with Crippen molar-refractivity contribution in [3.05, 3.63) is 170 Å². The second-order valence-electron chi connectivity index (χ2n) is 14.0. The molecule has 0 saturated carbocycles. The van der Waals surface area contributed by atoms with Crippen molar-refractivity contribution in [2.45, 2.75) is 0 Å². The van der Waals surface area contributed by atoms with E-state index in [0.717, 1.165) is 88.1 Å². The van der Waals surface area contributed by atoms with Gasteiger partial charge in [-0.15, -0.1) is 0 Å². The van der Waals surface area contributed by atoms with Crippen molar-refractivity contribution in [2.24, 2.45) is 0 Å². The maximum Gasteiger partial charge on any atom is 0.164 e. The minimum Gasteiger partial charge on any atom is -0.456 e. The van der Waals surface area contributed by atoms with Crippen molar-refractivity contribution in [3.8, 4) is 39.9 Å². The molecule has 0 unspecified atom stereocenters. The Balaban J connectivity index is 1.09. The lowest BCUT2D eigenvalue weighted by molar-refractivity contribution is 0.669. The van der Waals surface area contributed by atoms with Crippen molar-refractivity contribution >= 4 is 76.5 Å². The molecule has 4 heterocycles. The summed E-state index contributed by atoms with van der Waals surface area (Å²) in [5.41, 5.74) is 9.38. The Morgan fingerprint density at radius 2 is 0.945 bits per heavy atom. The molecule has 4 aromatic heterocycles. The molecule has 0 N–H and O–H groups in total. The fourth-order valence-electron chi connectivity index (χ4n) is 8.31. The Kier molecular flexibility index (Phi) is 6.24. The third-order valence-electron chi connectivity index (χ3n) is 10.8. The normalized spacial score (nSPS) is 12.0. The predicted octanol–water partition coefficient (Wildman–Crippen LogP) is 12.9. The largest absolute Gasteiger partial charge is 0.456 e. The van der Waals surface area contributed by atoms with E-state index in [4.69, 9.17) is 23.8 Å². The first kappa shape index (κ1) is 29.9. The van der Waals surface area contributed by atoms with E-state index in [2.05, 4.69) is 102 Å². The van der Waals surface area contributed by atoms with E-state index in [-0.39, 0.29) is 0 Å². The van der Waals surface area contributed by atoms with E-state index in [0.29, 0.717) is 17.5 Å². The van der Waals surface area contributed by atoms with Crippen molar-refractivity contribution in [1.29, 1.82) is 0 Å². The van der Waals surface area contributed by atoms with Crippen LogP contribution in [0.15, 0.2) is 179 Å². The Labute approximate surface area is 313 Å². The third-order valence-corrected chi connectivity index (χ3v) is 10.8. The topological polar surface area (TPSA) is 69.9 Å². The molecule has 0 aliphatic heterocycles. The molecular formula is C49H28N4O2. The fourth-order valence-corrected chi connectivity index (χ4v) is 8.31. The summed E-state index contributed by atoms with van der Waals surface area (Å²) >= 11 is 0. The zero-order valence-corrected chi connectivity index (χ0v) is 29.3. The van der Waals surface area contributed by atoms with Gasteiger partial charge in [0.15, 0.2) is 17.5 Å². The molecule has 0 aliphatic carbocycles. The summed E-state index contributed by atoms with van der Waals surface area (Å²) in [7, 11) is 0. The van der Waals surface area contributed by atoms with Crippen LogP contribution >= 0.6 is 0 Å². The van der Waals surface area contributed by atoms with Crippen LogP contribution in [0.4, 0.5) is 0 Å². The van der Waals surface area contributed by atoms with Crippen molar-refractivity contribution in [1.82, 2.24) is 19.5 Å². The molecule has 12 aromatic rings. The Hall–Kier alpha value is -7.57. The SMILES string of the molecule is c1ccc(-c2nc(-c3ccccc3)nc(-c3cc4c5ccc(-n6c7ccccc7c7cc8c(cc76)oc6ccccc68)cc5oc4c4ccccc34)n2)cc1. The number of fused-ring (bicyclic) bond motifs is 11. The molecule has 6 nitrogen and oxygen atoms in total. The van der Waals surface area contributed by atoms with Gasteiger partial charge in [-0.05, 0) is 41.8 Å². The molecule has 6 heteroatoms. The third kappa shape index (κ3) is 4.52. The molecule has 8 aromatic carbocycles. The molecule has 0 amide bonds. The quantitative estimate of drug-likeness (QED) is 0.182. The average molecular weight is 705 g/mol. The summed E-state index contributed by atoms with van der Waals surface area (Å²) in [6, 6.07) is 58.5. The monoisotopic (exact) mass is 704 g/mol. The minimum absolute atomic E-state index is 0.610. The van der Waals surface area contributed by atoms with Crippen LogP contribution in [0.2, 0.25) is 0 Å². The Morgan fingerprint density at radius 1 is 0.345 bits per heavy atom. The number of hydrogen-bond acceptors (Lipinski definition) is 5. The van der Waals surface area contributed by atoms with E-state index in [1.807, 2.05) is 72.8 Å². The van der Waals surface area contributed by atoms with Crippen LogP contribution in [0.1, 0.15) is 0 Å². The van der Waals surface area contributed by atoms with E-state index >= 15 is 0 Å². The molecule has 0 atom stereocenters. The highest BCUT2D eigenvalue weighted by Crippen LogP contribution is 2.42. The van der Waals surface area contributed by atoms with Crippen LogP contribution in [0, 0.1) is 0 Å². The van der Waals surface area contributed by atoms with Gasteiger partial charge in [0.1, 0.15) is 22.3 Å². The highest BCUT2D eigenvalue weighted by molar-refractivity contribution is 6.20. The second-order valence-corrected chi connectivity index (χ2v) is 14.0. The number of nitrogens with zero attached hydrogens (tertiary/aromatic N) is 4. The predicted molar refractivity (Wildman–Crippen MR) is 223 cm³/mol. The Bertz CT molecular complexity index is 3430. The zero-order chi connectivity index (χ0) is 36.0. The van der Waals surface area contributed by atoms with Crippen molar-refractivity contribution in [3.63, 3.8) is 0 Å². The maximum absolute atomic E-state index is 6.83. The number of benzene rings is 8. The first-order chi connectivity index (χ1) is 27.2. The van der Waals surface area contributed by atoms with Crippen LogP contribution in [0.3, 0.4) is 0 Å². The second kappa shape index (κ2) is 11.5. The van der Waals surface area contributed by atoms with Crippen LogP contribution in [0.25, 0.3) is 116 Å². The summed E-state index contributed by atoms with van der Waals surface area (Å²) in [5, 5.41) is 8.64. The summed E-state index contributed by atoms with van der Waals surface area (Å²) < 4.78 is 15.5. The number of rotatable bonds is 4. The first-order valence-corrected chi connectivity index (χ1v) is 18.4. The van der Waals surface area contributed by atoms with Gasteiger partial charge in [-0.25, -0.2) is 15.0 Å². The first-order valence-electron chi connectivity index (χ1n) is 18.4. The van der Waals surface area contributed by atoms with Gasteiger partial charge < -0.3 is 13.4 Å². The van der Waals surface area contributed by atoms with Gasteiger partial charge >= 0.3 is 0 Å². The molecule has 55 heavy (non-hydrogen) atoms. The van der Waals surface area contributed by atoms with Crippen molar-refractivity contribution in [2.75, 3.05) is 0 Å². The lowest BCUT2D eigenvalue weighted by atomic mass is 9.99. The minimum atomic E-state index is 0.610. The maximum atomic E-state index is 6.83. The highest BCUT2D eigenvalue weighted by atomic mass is 16.3. The van der Waals surface area contributed by atoms with Crippen LogP contribution in [0.5, 0.6) is 0 Å². The number of aromatic nitrogens is 4. The van der Waals surface area contributed by atoms with Crippen LogP contribution < -0.4 is 0 Å². The molecule has 0 aliphatic rings. The van der Waals surface area contributed by atoms with Gasteiger partial charge in [0.25, 0.3) is 0 Å². The molecule has 0 saturated heterocycles. The summed E-state index contributed by atoms with van der Waals surface area (Å²) in [5.74, 6) is 1.86. The van der Waals surface area contributed by atoms with Gasteiger partial charge in [0.2, 0.25) is 0 Å². The zero-order valence-electron chi connectivity index (χ0n) is 29.3. The number of hydrogen-bond donors (Lipinski definition) is 0. The van der Waals surface area contributed by atoms with Crippen LogP contribution in [-0.2, 0) is 0 Å². The molecule has 256 valence electrons. The number of furan rings is 2. The van der Waals surface area contributed by atoms with E-state index in [1.165, 1.54) is 10.8 Å². The van der Waals surface area contributed by atoms with E-state index in [9.17, 15) is 0 Å². The molecule has 0 fully saturated rings. The van der Waals surface area contributed by atoms with E-state index in [1.54, 1.807) is 0 Å².